The van der Waals surface area contributed by atoms with Gasteiger partial charge < -0.3 is 0 Å². The van der Waals surface area contributed by atoms with E-state index in [4.69, 9.17) is 0 Å². The summed E-state index contributed by atoms with van der Waals surface area (Å²) in [6.07, 6.45) is 16.2. The summed E-state index contributed by atoms with van der Waals surface area (Å²) in [7, 11) is 0. The SMILES string of the molecule is O=[As](C1CCCC1)(C1CCCC1)C1CCCC1. The van der Waals surface area contributed by atoms with Crippen LogP contribution in [0.1, 0.15) is 77.0 Å². The molecule has 0 N–H and O–H groups in total. The van der Waals surface area contributed by atoms with Crippen LogP contribution < -0.4 is 0 Å². The first-order valence-electron chi connectivity index (χ1n) is 7.91. The van der Waals surface area contributed by atoms with Crippen molar-refractivity contribution in [2.24, 2.45) is 0 Å². The molecule has 3 rings (SSSR count). The molecule has 0 heterocycles. The Bertz CT molecular complexity index is 246. The Labute approximate surface area is 108 Å². The molecule has 0 amide bonds. The second-order valence-corrected chi connectivity index (χ2v) is 14.4. The summed E-state index contributed by atoms with van der Waals surface area (Å²) in [6, 6.07) is 0. The molecule has 3 saturated carbocycles. The van der Waals surface area contributed by atoms with Gasteiger partial charge in [0, 0.05) is 0 Å². The van der Waals surface area contributed by atoms with Gasteiger partial charge in [-0.05, 0) is 0 Å². The molecule has 2 heteroatoms. The van der Waals surface area contributed by atoms with Gasteiger partial charge in [-0.1, -0.05) is 0 Å². The van der Waals surface area contributed by atoms with Crippen molar-refractivity contribution in [1.82, 2.24) is 0 Å². The van der Waals surface area contributed by atoms with Gasteiger partial charge in [-0.15, -0.1) is 0 Å². The fourth-order valence-corrected chi connectivity index (χ4v) is 15.9. The first-order valence-corrected chi connectivity index (χ1v) is 11.9. The molecule has 1 nitrogen and oxygen atoms in total. The molecule has 0 spiro atoms. The standard InChI is InChI=1S/C15H27AsO/c17-16(13-7-1-2-8-13,14-9-3-4-10-14)15-11-5-6-12-15/h13-15H,1-12H2. The van der Waals surface area contributed by atoms with Crippen LogP contribution in [0.2, 0.25) is 14.1 Å². The summed E-state index contributed by atoms with van der Waals surface area (Å²) in [5, 5.41) is 0. The van der Waals surface area contributed by atoms with Crippen LogP contribution in [0.5, 0.6) is 0 Å². The molecule has 0 atom stereocenters. The molecule has 0 aromatic carbocycles. The van der Waals surface area contributed by atoms with Gasteiger partial charge in [0.05, 0.1) is 0 Å². The van der Waals surface area contributed by atoms with E-state index in [2.05, 4.69) is 0 Å². The van der Waals surface area contributed by atoms with Crippen molar-refractivity contribution in [2.75, 3.05) is 0 Å². The van der Waals surface area contributed by atoms with Gasteiger partial charge >= 0.3 is 108 Å². The number of rotatable bonds is 3. The summed E-state index contributed by atoms with van der Waals surface area (Å²) in [5.41, 5.74) is 0. The van der Waals surface area contributed by atoms with E-state index < -0.39 is 13.5 Å². The summed E-state index contributed by atoms with van der Waals surface area (Å²) in [4.78, 5) is 0. The Morgan fingerprint density at radius 2 is 0.765 bits per heavy atom. The van der Waals surface area contributed by atoms with E-state index in [0.29, 0.717) is 14.1 Å². The van der Waals surface area contributed by atoms with Crippen molar-refractivity contribution in [3.63, 3.8) is 0 Å². The zero-order chi connectivity index (χ0) is 11.7. The van der Waals surface area contributed by atoms with Gasteiger partial charge in [-0.2, -0.15) is 0 Å². The third-order valence-corrected chi connectivity index (χ3v) is 16.1. The van der Waals surface area contributed by atoms with Crippen molar-refractivity contribution in [3.05, 3.63) is 0 Å². The van der Waals surface area contributed by atoms with E-state index in [0.717, 1.165) is 0 Å². The Morgan fingerprint density at radius 3 is 1.00 bits per heavy atom. The molecule has 0 aliphatic heterocycles. The summed E-state index contributed by atoms with van der Waals surface area (Å²) >= 11 is -2.60. The summed E-state index contributed by atoms with van der Waals surface area (Å²) in [5.74, 6) is 0. The molecule has 0 unspecified atom stereocenters. The fraction of sp³-hybridized carbons (Fsp3) is 1.00. The van der Waals surface area contributed by atoms with Crippen LogP contribution in [0.15, 0.2) is 0 Å². The first-order chi connectivity index (χ1) is 8.32. The molecular formula is C15H27AsO. The average molecular weight is 298 g/mol. The number of hydrogen-bond acceptors (Lipinski definition) is 1. The second kappa shape index (κ2) is 5.16. The Balaban J connectivity index is 1.84. The normalized spacial score (nSPS) is 29.4. The van der Waals surface area contributed by atoms with E-state index in [1.165, 1.54) is 77.0 Å². The van der Waals surface area contributed by atoms with Gasteiger partial charge in [0.25, 0.3) is 0 Å². The van der Waals surface area contributed by atoms with Gasteiger partial charge in [0.1, 0.15) is 0 Å². The molecule has 0 bridgehead atoms. The first kappa shape index (κ1) is 12.4. The predicted molar refractivity (Wildman–Crippen MR) is 73.1 cm³/mol. The molecule has 17 heavy (non-hydrogen) atoms. The third-order valence-electron chi connectivity index (χ3n) is 5.69. The van der Waals surface area contributed by atoms with E-state index in [1.54, 1.807) is 0 Å². The summed E-state index contributed by atoms with van der Waals surface area (Å²) in [6.45, 7) is 0. The molecule has 98 valence electrons. The third kappa shape index (κ3) is 2.18. The Kier molecular flexibility index (Phi) is 3.76. The van der Waals surface area contributed by atoms with E-state index in [1.807, 2.05) is 0 Å². The maximum absolute atomic E-state index is 13.9. The quantitative estimate of drug-likeness (QED) is 0.655. The molecule has 3 aliphatic rings. The van der Waals surface area contributed by atoms with E-state index in [9.17, 15) is 3.74 Å². The van der Waals surface area contributed by atoms with E-state index in [-0.39, 0.29) is 0 Å². The van der Waals surface area contributed by atoms with Gasteiger partial charge in [-0.25, -0.2) is 0 Å². The van der Waals surface area contributed by atoms with Crippen molar-refractivity contribution in [1.29, 1.82) is 0 Å². The van der Waals surface area contributed by atoms with Crippen molar-refractivity contribution >= 4 is 13.5 Å². The monoisotopic (exact) mass is 298 g/mol. The van der Waals surface area contributed by atoms with Gasteiger partial charge in [-0.3, -0.25) is 0 Å². The zero-order valence-corrected chi connectivity index (χ0v) is 12.9. The molecule has 3 fully saturated rings. The second-order valence-electron chi connectivity index (χ2n) is 6.58. The molecule has 0 aromatic rings. The van der Waals surface area contributed by atoms with Crippen LogP contribution in [0.3, 0.4) is 0 Å². The molecule has 0 aromatic heterocycles. The van der Waals surface area contributed by atoms with Crippen molar-refractivity contribution in [3.8, 4) is 0 Å². The maximum atomic E-state index is 13.9. The van der Waals surface area contributed by atoms with Crippen LogP contribution >= 0.6 is 0 Å². The van der Waals surface area contributed by atoms with Crippen LogP contribution in [0.25, 0.3) is 0 Å². The Morgan fingerprint density at radius 1 is 0.529 bits per heavy atom. The van der Waals surface area contributed by atoms with Gasteiger partial charge in [0.2, 0.25) is 0 Å². The fourth-order valence-electron chi connectivity index (χ4n) is 4.82. The van der Waals surface area contributed by atoms with Crippen molar-refractivity contribution < 1.29 is 3.74 Å². The Hall–Kier alpha value is 0.358. The van der Waals surface area contributed by atoms with Crippen molar-refractivity contribution in [2.45, 2.75) is 91.2 Å². The predicted octanol–water partition coefficient (Wildman–Crippen LogP) is 5.20. The number of hydrogen-bond donors (Lipinski definition) is 0. The average Bonchev–Trinajstić information content (AvgIpc) is 3.10. The molecular weight excluding hydrogens is 271 g/mol. The topological polar surface area (TPSA) is 17.1 Å². The molecule has 3 aliphatic carbocycles. The molecule has 0 saturated heterocycles. The van der Waals surface area contributed by atoms with Crippen LogP contribution in [0.4, 0.5) is 0 Å². The zero-order valence-electron chi connectivity index (χ0n) is 11.1. The van der Waals surface area contributed by atoms with Crippen LogP contribution in [-0.2, 0) is 3.74 Å². The summed E-state index contributed by atoms with van der Waals surface area (Å²) < 4.78 is 16.0. The minimum atomic E-state index is -2.60. The minimum absolute atomic E-state index is 0.708. The van der Waals surface area contributed by atoms with Crippen LogP contribution in [-0.4, -0.2) is 13.5 Å². The molecule has 0 radical (unpaired) electrons. The van der Waals surface area contributed by atoms with Gasteiger partial charge in [0.15, 0.2) is 0 Å². The van der Waals surface area contributed by atoms with Crippen LogP contribution in [0, 0.1) is 0 Å². The van der Waals surface area contributed by atoms with E-state index >= 15 is 0 Å².